The van der Waals surface area contributed by atoms with Gasteiger partial charge in [-0.3, -0.25) is 4.99 Å². The second-order valence-electron chi connectivity index (χ2n) is 7.03. The van der Waals surface area contributed by atoms with E-state index in [1.54, 1.807) is 7.11 Å². The molecule has 0 aromatic heterocycles. The zero-order valence-electron chi connectivity index (χ0n) is 16.6. The number of hydrogen-bond donors (Lipinski definition) is 2. The highest BCUT2D eigenvalue weighted by molar-refractivity contribution is 6.30. The fourth-order valence-corrected chi connectivity index (χ4v) is 3.80. The van der Waals surface area contributed by atoms with Crippen molar-refractivity contribution in [3.8, 4) is 5.75 Å². The van der Waals surface area contributed by atoms with Crippen LogP contribution in [-0.2, 0) is 6.42 Å². The van der Waals surface area contributed by atoms with Gasteiger partial charge in [-0.15, -0.1) is 0 Å². The van der Waals surface area contributed by atoms with Crippen LogP contribution in [0.5, 0.6) is 5.75 Å². The van der Waals surface area contributed by atoms with Gasteiger partial charge in [0, 0.05) is 38.2 Å². The summed E-state index contributed by atoms with van der Waals surface area (Å²) in [5.41, 5.74) is 2.40. The highest BCUT2D eigenvalue weighted by Gasteiger charge is 2.24. The van der Waals surface area contributed by atoms with Crippen molar-refractivity contribution in [1.82, 2.24) is 10.6 Å². The third kappa shape index (κ3) is 5.55. The molecule has 1 atom stereocenters. The Morgan fingerprint density at radius 1 is 1.21 bits per heavy atom. The number of nitrogens with zero attached hydrogens (tertiary/aromatic N) is 2. The smallest absolute Gasteiger partial charge is 0.190 e. The predicted octanol–water partition coefficient (Wildman–Crippen LogP) is 3.58. The monoisotopic (exact) mass is 400 g/mol. The molecule has 28 heavy (non-hydrogen) atoms. The Morgan fingerprint density at radius 2 is 2.07 bits per heavy atom. The molecule has 2 aromatic carbocycles. The van der Waals surface area contributed by atoms with Crippen molar-refractivity contribution in [3.05, 3.63) is 59.1 Å². The van der Waals surface area contributed by atoms with Gasteiger partial charge in [0.1, 0.15) is 5.75 Å². The Bertz CT molecular complexity index is 796. The summed E-state index contributed by atoms with van der Waals surface area (Å²) < 4.78 is 5.50. The molecule has 150 valence electrons. The molecule has 0 radical (unpaired) electrons. The van der Waals surface area contributed by atoms with Crippen LogP contribution < -0.4 is 20.3 Å². The summed E-state index contributed by atoms with van der Waals surface area (Å²) >= 11 is 6.04. The molecule has 1 unspecified atom stereocenters. The van der Waals surface area contributed by atoms with Crippen LogP contribution in [0.15, 0.2) is 53.5 Å². The summed E-state index contributed by atoms with van der Waals surface area (Å²) in [7, 11) is 3.54. The van der Waals surface area contributed by atoms with E-state index < -0.39 is 0 Å². The first-order chi connectivity index (χ1) is 13.7. The number of rotatable bonds is 7. The molecule has 0 saturated carbocycles. The molecule has 1 aliphatic rings. The summed E-state index contributed by atoms with van der Waals surface area (Å²) in [6.07, 6.45) is 2.07. The number of benzene rings is 2. The molecule has 0 aliphatic carbocycles. The van der Waals surface area contributed by atoms with Crippen LogP contribution >= 0.6 is 11.6 Å². The third-order valence-corrected chi connectivity index (χ3v) is 5.32. The molecule has 3 rings (SSSR count). The molecule has 0 amide bonds. The van der Waals surface area contributed by atoms with Crippen molar-refractivity contribution in [2.24, 2.45) is 10.9 Å². The van der Waals surface area contributed by atoms with Gasteiger partial charge in [0.2, 0.25) is 0 Å². The van der Waals surface area contributed by atoms with E-state index in [1.165, 1.54) is 11.3 Å². The molecular formula is C22H29ClN4O. The maximum atomic E-state index is 6.04. The number of methoxy groups -OCH3 is 1. The lowest BCUT2D eigenvalue weighted by Gasteiger charge is -2.21. The Hall–Kier alpha value is -2.40. The van der Waals surface area contributed by atoms with E-state index in [0.717, 1.165) is 55.8 Å². The number of hydrogen-bond acceptors (Lipinski definition) is 3. The fraction of sp³-hybridized carbons (Fsp3) is 0.409. The molecule has 2 N–H and O–H groups in total. The van der Waals surface area contributed by atoms with Crippen molar-refractivity contribution < 1.29 is 4.74 Å². The molecule has 2 aromatic rings. The minimum absolute atomic E-state index is 0.580. The van der Waals surface area contributed by atoms with Crippen LogP contribution in [0.3, 0.4) is 0 Å². The predicted molar refractivity (Wildman–Crippen MR) is 118 cm³/mol. The topological polar surface area (TPSA) is 48.9 Å². The maximum Gasteiger partial charge on any atom is 0.190 e. The van der Waals surface area contributed by atoms with Crippen LogP contribution in [0, 0.1) is 5.92 Å². The summed E-state index contributed by atoms with van der Waals surface area (Å²) in [5.74, 6) is 2.36. The zero-order valence-corrected chi connectivity index (χ0v) is 17.4. The van der Waals surface area contributed by atoms with Crippen molar-refractivity contribution in [1.29, 1.82) is 0 Å². The van der Waals surface area contributed by atoms with Gasteiger partial charge in [0.15, 0.2) is 5.96 Å². The van der Waals surface area contributed by atoms with Gasteiger partial charge in [-0.05, 0) is 48.6 Å². The molecule has 1 saturated heterocycles. The molecule has 5 nitrogen and oxygen atoms in total. The summed E-state index contributed by atoms with van der Waals surface area (Å²) in [6, 6.07) is 16.2. The summed E-state index contributed by atoms with van der Waals surface area (Å²) in [5, 5.41) is 7.63. The average Bonchev–Trinajstić information content (AvgIpc) is 3.19. The SMILES string of the molecule is CN=C(NCCc1cccc(Cl)c1)NCC1CCN(c2ccccc2OC)C1. The van der Waals surface area contributed by atoms with Gasteiger partial charge in [-0.25, -0.2) is 0 Å². The maximum absolute atomic E-state index is 6.04. The Kier molecular flexibility index (Phi) is 7.43. The number of aliphatic imine (C=N–C) groups is 1. The van der Waals surface area contributed by atoms with Crippen LogP contribution in [-0.4, -0.2) is 46.3 Å². The van der Waals surface area contributed by atoms with Crippen LogP contribution in [0.1, 0.15) is 12.0 Å². The standard InChI is InChI=1S/C22H29ClN4O/c1-24-22(25-12-10-17-6-5-7-19(23)14-17)26-15-18-11-13-27(16-18)20-8-3-4-9-21(20)28-2/h3-9,14,18H,10-13,15-16H2,1-2H3,(H2,24,25,26). The third-order valence-electron chi connectivity index (χ3n) is 5.09. The highest BCUT2D eigenvalue weighted by Crippen LogP contribution is 2.31. The van der Waals surface area contributed by atoms with E-state index in [2.05, 4.69) is 38.7 Å². The van der Waals surface area contributed by atoms with Gasteiger partial charge in [-0.1, -0.05) is 35.9 Å². The lowest BCUT2D eigenvalue weighted by molar-refractivity contribution is 0.414. The average molecular weight is 401 g/mol. The van der Waals surface area contributed by atoms with E-state index >= 15 is 0 Å². The minimum Gasteiger partial charge on any atom is -0.495 e. The van der Waals surface area contributed by atoms with E-state index in [9.17, 15) is 0 Å². The van der Waals surface area contributed by atoms with E-state index in [1.807, 2.05) is 37.4 Å². The van der Waals surface area contributed by atoms with Crippen molar-refractivity contribution in [2.45, 2.75) is 12.8 Å². The van der Waals surface area contributed by atoms with Crippen LogP contribution in [0.25, 0.3) is 0 Å². The normalized spacial score (nSPS) is 16.9. The molecule has 0 bridgehead atoms. The van der Waals surface area contributed by atoms with Gasteiger partial charge >= 0.3 is 0 Å². The first-order valence-electron chi connectivity index (χ1n) is 9.76. The van der Waals surface area contributed by atoms with E-state index in [0.29, 0.717) is 5.92 Å². The molecule has 1 fully saturated rings. The minimum atomic E-state index is 0.580. The Labute approximate surface area is 172 Å². The second kappa shape index (κ2) is 10.2. The number of ether oxygens (including phenoxy) is 1. The van der Waals surface area contributed by atoms with Gasteiger partial charge in [0.25, 0.3) is 0 Å². The van der Waals surface area contributed by atoms with Gasteiger partial charge < -0.3 is 20.3 Å². The number of halogens is 1. The van der Waals surface area contributed by atoms with Crippen LogP contribution in [0.4, 0.5) is 5.69 Å². The molecular weight excluding hydrogens is 372 g/mol. The Balaban J connectivity index is 1.43. The van der Waals surface area contributed by atoms with Crippen molar-refractivity contribution in [2.75, 3.05) is 45.2 Å². The van der Waals surface area contributed by atoms with E-state index in [-0.39, 0.29) is 0 Å². The summed E-state index contributed by atoms with van der Waals surface area (Å²) in [6.45, 7) is 3.79. The Morgan fingerprint density at radius 3 is 2.86 bits per heavy atom. The van der Waals surface area contributed by atoms with Gasteiger partial charge in [0.05, 0.1) is 12.8 Å². The van der Waals surface area contributed by atoms with Crippen molar-refractivity contribution >= 4 is 23.2 Å². The zero-order chi connectivity index (χ0) is 19.8. The first-order valence-corrected chi connectivity index (χ1v) is 10.1. The molecule has 1 aliphatic heterocycles. The number of guanidine groups is 1. The summed E-state index contributed by atoms with van der Waals surface area (Å²) in [4.78, 5) is 6.74. The number of para-hydroxylation sites is 2. The lowest BCUT2D eigenvalue weighted by Crippen LogP contribution is -2.41. The lowest BCUT2D eigenvalue weighted by atomic mass is 10.1. The molecule has 6 heteroatoms. The highest BCUT2D eigenvalue weighted by atomic mass is 35.5. The number of nitrogens with one attached hydrogen (secondary N) is 2. The largest absolute Gasteiger partial charge is 0.495 e. The second-order valence-corrected chi connectivity index (χ2v) is 7.47. The van der Waals surface area contributed by atoms with E-state index in [4.69, 9.17) is 16.3 Å². The quantitative estimate of drug-likeness (QED) is 0.551. The number of anilines is 1. The van der Waals surface area contributed by atoms with Gasteiger partial charge in [-0.2, -0.15) is 0 Å². The van der Waals surface area contributed by atoms with Crippen molar-refractivity contribution in [3.63, 3.8) is 0 Å². The van der Waals surface area contributed by atoms with Crippen LogP contribution in [0.2, 0.25) is 5.02 Å². The first kappa shape index (κ1) is 20.3. The molecule has 0 spiro atoms. The molecule has 1 heterocycles. The fourth-order valence-electron chi connectivity index (χ4n) is 3.59.